The number of hydrogen-bond acceptors (Lipinski definition) is 4. The summed E-state index contributed by atoms with van der Waals surface area (Å²) < 4.78 is 7.04. The van der Waals surface area contributed by atoms with Crippen LogP contribution >= 0.6 is 0 Å². The Morgan fingerprint density at radius 1 is 1.69 bits per heavy atom. The maximum Gasteiger partial charge on any atom is 0.254 e. The number of carbonyl (C=O) groups is 1. The van der Waals surface area contributed by atoms with Crippen LogP contribution in [0.5, 0.6) is 0 Å². The molecular weight excluding hydrogens is 208 g/mol. The van der Waals surface area contributed by atoms with E-state index in [4.69, 9.17) is 16.2 Å². The summed E-state index contributed by atoms with van der Waals surface area (Å²) in [5.41, 5.74) is 11.3. The maximum atomic E-state index is 11.1. The van der Waals surface area contributed by atoms with E-state index in [0.717, 1.165) is 6.42 Å². The third-order valence-corrected chi connectivity index (χ3v) is 3.01. The van der Waals surface area contributed by atoms with Gasteiger partial charge in [0.1, 0.15) is 11.4 Å². The summed E-state index contributed by atoms with van der Waals surface area (Å²) in [6.07, 6.45) is 2.28. The molecule has 0 bridgehead atoms. The molecule has 0 radical (unpaired) electrons. The summed E-state index contributed by atoms with van der Waals surface area (Å²) in [6.45, 7) is 3.46. The Hall–Kier alpha value is -1.56. The minimum absolute atomic E-state index is 0.182. The quantitative estimate of drug-likeness (QED) is 0.748. The molecule has 0 saturated carbocycles. The van der Waals surface area contributed by atoms with Gasteiger partial charge in [0.25, 0.3) is 5.91 Å². The Balaban J connectivity index is 2.29. The summed E-state index contributed by atoms with van der Waals surface area (Å²) in [4.78, 5) is 11.1. The first-order valence-corrected chi connectivity index (χ1v) is 5.31. The molecule has 4 N–H and O–H groups in total. The molecule has 1 aliphatic heterocycles. The monoisotopic (exact) mass is 224 g/mol. The number of aromatic nitrogens is 2. The second-order valence-corrected chi connectivity index (χ2v) is 4.16. The van der Waals surface area contributed by atoms with Crippen molar-refractivity contribution in [2.75, 3.05) is 18.9 Å². The number of carbonyl (C=O) groups excluding carboxylic acids is 1. The van der Waals surface area contributed by atoms with Gasteiger partial charge in [-0.1, -0.05) is 6.92 Å². The summed E-state index contributed by atoms with van der Waals surface area (Å²) in [5.74, 6) is 0.145. The molecule has 1 unspecified atom stereocenters. The zero-order chi connectivity index (χ0) is 11.7. The van der Waals surface area contributed by atoms with Crippen molar-refractivity contribution in [3.8, 4) is 0 Å². The van der Waals surface area contributed by atoms with Crippen molar-refractivity contribution < 1.29 is 9.53 Å². The third kappa shape index (κ3) is 1.76. The standard InChI is InChI=1S/C10H16N4O2/c1-6-5-16-3-2-8(6)14-9(11)7(4-13-14)10(12)15/h4,6,8H,2-3,5,11H2,1H3,(H2,12,15)/t6?,8-/m1/s1. The lowest BCUT2D eigenvalue weighted by atomic mass is 9.98. The highest BCUT2D eigenvalue weighted by Crippen LogP contribution is 2.29. The SMILES string of the molecule is CC1COCC[C@H]1n1ncc(C(N)=O)c1N. The molecule has 16 heavy (non-hydrogen) atoms. The number of ether oxygens (including phenoxy) is 1. The van der Waals surface area contributed by atoms with E-state index in [1.807, 2.05) is 0 Å². The molecule has 88 valence electrons. The molecule has 6 heteroatoms. The van der Waals surface area contributed by atoms with Gasteiger partial charge in [0, 0.05) is 12.5 Å². The molecule has 0 aliphatic carbocycles. The van der Waals surface area contributed by atoms with Crippen molar-refractivity contribution in [3.63, 3.8) is 0 Å². The van der Waals surface area contributed by atoms with Crippen molar-refractivity contribution >= 4 is 11.7 Å². The molecule has 2 rings (SSSR count). The number of amides is 1. The fourth-order valence-corrected chi connectivity index (χ4v) is 2.06. The lowest BCUT2D eigenvalue weighted by Gasteiger charge is -2.29. The first-order valence-electron chi connectivity index (χ1n) is 5.31. The second-order valence-electron chi connectivity index (χ2n) is 4.16. The number of primary amides is 1. The summed E-state index contributed by atoms with van der Waals surface area (Å²) in [7, 11) is 0. The van der Waals surface area contributed by atoms with Crippen LogP contribution < -0.4 is 11.5 Å². The summed E-state index contributed by atoms with van der Waals surface area (Å²) in [5, 5.41) is 4.15. The molecule has 2 heterocycles. The van der Waals surface area contributed by atoms with E-state index < -0.39 is 5.91 Å². The zero-order valence-corrected chi connectivity index (χ0v) is 9.22. The second kappa shape index (κ2) is 4.13. The normalized spacial score (nSPS) is 25.6. The van der Waals surface area contributed by atoms with Gasteiger partial charge in [0.05, 0.1) is 18.8 Å². The molecule has 1 amide bonds. The van der Waals surface area contributed by atoms with E-state index in [-0.39, 0.29) is 6.04 Å². The molecule has 1 aliphatic rings. The molecule has 0 spiro atoms. The molecular formula is C10H16N4O2. The van der Waals surface area contributed by atoms with E-state index in [0.29, 0.717) is 30.5 Å². The number of nitrogens with zero attached hydrogens (tertiary/aromatic N) is 2. The third-order valence-electron chi connectivity index (χ3n) is 3.01. The Kier molecular flexibility index (Phi) is 2.82. The van der Waals surface area contributed by atoms with Crippen LogP contribution in [0.15, 0.2) is 6.20 Å². The van der Waals surface area contributed by atoms with Gasteiger partial charge in [-0.25, -0.2) is 4.68 Å². The molecule has 1 aromatic rings. The van der Waals surface area contributed by atoms with Gasteiger partial charge < -0.3 is 16.2 Å². The first kappa shape index (κ1) is 10.9. The number of nitrogen functional groups attached to an aromatic ring is 1. The van der Waals surface area contributed by atoms with Gasteiger partial charge in [-0.3, -0.25) is 4.79 Å². The van der Waals surface area contributed by atoms with Crippen molar-refractivity contribution in [2.45, 2.75) is 19.4 Å². The van der Waals surface area contributed by atoms with Crippen LogP contribution in [-0.4, -0.2) is 28.9 Å². The lowest BCUT2D eigenvalue weighted by Crippen LogP contribution is -2.29. The molecule has 1 fully saturated rings. The van der Waals surface area contributed by atoms with Gasteiger partial charge in [-0.15, -0.1) is 0 Å². The van der Waals surface area contributed by atoms with Crippen LogP contribution in [0.2, 0.25) is 0 Å². The molecule has 0 aromatic carbocycles. The number of anilines is 1. The predicted molar refractivity (Wildman–Crippen MR) is 58.8 cm³/mol. The Morgan fingerprint density at radius 2 is 2.44 bits per heavy atom. The van der Waals surface area contributed by atoms with E-state index in [2.05, 4.69) is 12.0 Å². The van der Waals surface area contributed by atoms with Crippen LogP contribution in [0.1, 0.15) is 29.7 Å². The van der Waals surface area contributed by atoms with Crippen LogP contribution in [0.4, 0.5) is 5.82 Å². The van der Waals surface area contributed by atoms with Gasteiger partial charge in [0.2, 0.25) is 0 Å². The Labute approximate surface area is 93.5 Å². The maximum absolute atomic E-state index is 11.1. The number of nitrogens with two attached hydrogens (primary N) is 2. The molecule has 1 aromatic heterocycles. The topological polar surface area (TPSA) is 96.2 Å². The first-order chi connectivity index (χ1) is 7.61. The Bertz CT molecular complexity index is 402. The van der Waals surface area contributed by atoms with Crippen LogP contribution in [0.25, 0.3) is 0 Å². The van der Waals surface area contributed by atoms with Crippen molar-refractivity contribution in [1.29, 1.82) is 0 Å². The van der Waals surface area contributed by atoms with Gasteiger partial charge in [-0.05, 0) is 6.42 Å². The summed E-state index contributed by atoms with van der Waals surface area (Å²) in [6, 6.07) is 0.182. The lowest BCUT2D eigenvalue weighted by molar-refractivity contribution is 0.0257. The van der Waals surface area contributed by atoms with Crippen molar-refractivity contribution in [3.05, 3.63) is 11.8 Å². The zero-order valence-electron chi connectivity index (χ0n) is 9.22. The van der Waals surface area contributed by atoms with Crippen molar-refractivity contribution in [2.24, 2.45) is 11.7 Å². The Morgan fingerprint density at radius 3 is 3.00 bits per heavy atom. The van der Waals surface area contributed by atoms with Crippen LogP contribution in [-0.2, 0) is 4.74 Å². The van der Waals surface area contributed by atoms with E-state index in [9.17, 15) is 4.79 Å². The van der Waals surface area contributed by atoms with E-state index in [1.165, 1.54) is 6.20 Å². The van der Waals surface area contributed by atoms with Gasteiger partial charge >= 0.3 is 0 Å². The fraction of sp³-hybridized carbons (Fsp3) is 0.600. The highest BCUT2D eigenvalue weighted by atomic mass is 16.5. The highest BCUT2D eigenvalue weighted by Gasteiger charge is 2.27. The predicted octanol–water partition coefficient (Wildman–Crippen LogP) is 0.162. The fourth-order valence-electron chi connectivity index (χ4n) is 2.06. The minimum atomic E-state index is -0.538. The van der Waals surface area contributed by atoms with Crippen molar-refractivity contribution in [1.82, 2.24) is 9.78 Å². The van der Waals surface area contributed by atoms with E-state index in [1.54, 1.807) is 4.68 Å². The van der Waals surface area contributed by atoms with Crippen LogP contribution in [0.3, 0.4) is 0 Å². The molecule has 2 atom stereocenters. The minimum Gasteiger partial charge on any atom is -0.383 e. The molecule has 6 nitrogen and oxygen atoms in total. The average molecular weight is 224 g/mol. The largest absolute Gasteiger partial charge is 0.383 e. The summed E-state index contributed by atoms with van der Waals surface area (Å²) >= 11 is 0. The smallest absolute Gasteiger partial charge is 0.254 e. The van der Waals surface area contributed by atoms with E-state index >= 15 is 0 Å². The van der Waals surface area contributed by atoms with Gasteiger partial charge in [-0.2, -0.15) is 5.10 Å². The average Bonchev–Trinajstić information content (AvgIpc) is 2.61. The van der Waals surface area contributed by atoms with Gasteiger partial charge in [0.15, 0.2) is 0 Å². The van der Waals surface area contributed by atoms with Crippen LogP contribution in [0, 0.1) is 5.92 Å². The number of hydrogen-bond donors (Lipinski definition) is 2. The highest BCUT2D eigenvalue weighted by molar-refractivity contribution is 5.96. The number of rotatable bonds is 2. The molecule has 1 saturated heterocycles.